The molecule has 1 aliphatic heterocycles. The predicted molar refractivity (Wildman–Crippen MR) is 103 cm³/mol. The normalized spacial score (nSPS) is 15.7. The Hall–Kier alpha value is -1.89. The second-order valence-electron chi connectivity index (χ2n) is 6.49. The second kappa shape index (κ2) is 8.66. The van der Waals surface area contributed by atoms with Crippen LogP contribution >= 0.6 is 0 Å². The number of benzene rings is 2. The van der Waals surface area contributed by atoms with Crippen molar-refractivity contribution in [3.8, 4) is 5.75 Å². The molecule has 3 rings (SSSR count). The Kier molecular flexibility index (Phi) is 6.29. The number of nitrogens with one attached hydrogen (secondary N) is 1. The first-order valence-electron chi connectivity index (χ1n) is 9.03. The van der Waals surface area contributed by atoms with Crippen LogP contribution in [0.3, 0.4) is 0 Å². The molecule has 1 heterocycles. The van der Waals surface area contributed by atoms with Gasteiger partial charge in [-0.1, -0.05) is 42.8 Å². The Morgan fingerprint density at radius 2 is 1.54 bits per heavy atom. The lowest BCUT2D eigenvalue weighted by Crippen LogP contribution is -2.36. The smallest absolute Gasteiger partial charge is 0.243 e. The van der Waals surface area contributed by atoms with E-state index in [-0.39, 0.29) is 0 Å². The first kappa shape index (κ1) is 18.9. The van der Waals surface area contributed by atoms with Gasteiger partial charge in [0.1, 0.15) is 5.75 Å². The van der Waals surface area contributed by atoms with E-state index < -0.39 is 10.0 Å². The van der Waals surface area contributed by atoms with E-state index in [4.69, 9.17) is 4.74 Å². The summed E-state index contributed by atoms with van der Waals surface area (Å²) in [6.45, 7) is 2.33. The average molecular weight is 375 g/mol. The van der Waals surface area contributed by atoms with E-state index in [0.29, 0.717) is 31.1 Å². The van der Waals surface area contributed by atoms with E-state index in [1.807, 2.05) is 36.4 Å². The third-order valence-electron chi connectivity index (χ3n) is 4.73. The Bertz CT molecular complexity index is 830. The Balaban J connectivity index is 1.73. The van der Waals surface area contributed by atoms with Crippen molar-refractivity contribution in [1.29, 1.82) is 0 Å². The van der Waals surface area contributed by atoms with Crippen LogP contribution in [0.4, 0.5) is 0 Å². The summed E-state index contributed by atoms with van der Waals surface area (Å²) < 4.78 is 33.0. The SMILES string of the molecule is COc1ccccc1CNCc1ccccc1S(=O)(=O)N1CCCCC1. The lowest BCUT2D eigenvalue weighted by atomic mass is 10.2. The average Bonchev–Trinajstić information content (AvgIpc) is 2.69. The predicted octanol–water partition coefficient (Wildman–Crippen LogP) is 3.16. The van der Waals surface area contributed by atoms with Crippen molar-refractivity contribution >= 4 is 10.0 Å². The number of rotatable bonds is 7. The van der Waals surface area contributed by atoms with Gasteiger partial charge >= 0.3 is 0 Å². The fraction of sp³-hybridized carbons (Fsp3) is 0.400. The van der Waals surface area contributed by atoms with Crippen molar-refractivity contribution in [2.24, 2.45) is 0 Å². The zero-order chi connectivity index (χ0) is 18.4. The van der Waals surface area contributed by atoms with E-state index in [0.717, 1.165) is 36.1 Å². The molecule has 0 spiro atoms. The summed E-state index contributed by atoms with van der Waals surface area (Å²) in [4.78, 5) is 0.412. The lowest BCUT2D eigenvalue weighted by molar-refractivity contribution is 0.346. The van der Waals surface area contributed by atoms with E-state index in [2.05, 4.69) is 5.32 Å². The Morgan fingerprint density at radius 1 is 0.923 bits per heavy atom. The monoisotopic (exact) mass is 374 g/mol. The van der Waals surface area contributed by atoms with Gasteiger partial charge in [-0.05, 0) is 30.5 Å². The van der Waals surface area contributed by atoms with E-state index in [9.17, 15) is 8.42 Å². The molecule has 0 atom stereocenters. The molecule has 0 amide bonds. The number of para-hydroxylation sites is 1. The molecule has 6 heteroatoms. The molecular weight excluding hydrogens is 348 g/mol. The van der Waals surface area contributed by atoms with Gasteiger partial charge in [0.2, 0.25) is 10.0 Å². The third-order valence-corrected chi connectivity index (χ3v) is 6.73. The minimum absolute atomic E-state index is 0.412. The first-order valence-corrected chi connectivity index (χ1v) is 10.5. The Labute approximate surface area is 156 Å². The van der Waals surface area contributed by atoms with Crippen LogP contribution in [-0.2, 0) is 23.1 Å². The van der Waals surface area contributed by atoms with Crippen molar-refractivity contribution in [1.82, 2.24) is 9.62 Å². The summed E-state index contributed by atoms with van der Waals surface area (Å²) in [5.74, 6) is 0.828. The van der Waals surface area contributed by atoms with Gasteiger partial charge < -0.3 is 10.1 Å². The molecule has 5 nitrogen and oxygen atoms in total. The third kappa shape index (κ3) is 4.26. The molecule has 26 heavy (non-hydrogen) atoms. The molecule has 0 bridgehead atoms. The highest BCUT2D eigenvalue weighted by atomic mass is 32.2. The van der Waals surface area contributed by atoms with Crippen LogP contribution in [0.1, 0.15) is 30.4 Å². The van der Waals surface area contributed by atoms with Crippen LogP contribution in [-0.4, -0.2) is 32.9 Å². The minimum atomic E-state index is -3.43. The van der Waals surface area contributed by atoms with Crippen LogP contribution < -0.4 is 10.1 Å². The molecular formula is C20H26N2O3S. The van der Waals surface area contributed by atoms with Gasteiger partial charge in [-0.15, -0.1) is 0 Å². The van der Waals surface area contributed by atoms with Crippen LogP contribution in [0.15, 0.2) is 53.4 Å². The van der Waals surface area contributed by atoms with Gasteiger partial charge in [0.05, 0.1) is 12.0 Å². The van der Waals surface area contributed by atoms with Gasteiger partial charge in [0.25, 0.3) is 0 Å². The standard InChI is InChI=1S/C20H26N2O3S/c1-25-19-11-5-3-9-17(19)15-21-16-18-10-4-6-12-20(18)26(23,24)22-13-7-2-8-14-22/h3-6,9-12,21H,2,7-8,13-16H2,1H3. The fourth-order valence-electron chi connectivity index (χ4n) is 3.33. The largest absolute Gasteiger partial charge is 0.496 e. The maximum absolute atomic E-state index is 13.0. The van der Waals surface area contributed by atoms with Crippen molar-refractivity contribution < 1.29 is 13.2 Å². The van der Waals surface area contributed by atoms with Crippen LogP contribution in [0, 0.1) is 0 Å². The highest BCUT2D eigenvalue weighted by Gasteiger charge is 2.27. The van der Waals surface area contributed by atoms with E-state index >= 15 is 0 Å². The summed E-state index contributed by atoms with van der Waals surface area (Å²) in [5.41, 5.74) is 1.85. The maximum Gasteiger partial charge on any atom is 0.243 e. The van der Waals surface area contributed by atoms with Gasteiger partial charge in [-0.3, -0.25) is 0 Å². The molecule has 0 radical (unpaired) electrons. The van der Waals surface area contributed by atoms with Crippen molar-refractivity contribution in [3.63, 3.8) is 0 Å². The molecule has 0 aliphatic carbocycles. The molecule has 1 aliphatic rings. The molecule has 1 fully saturated rings. The summed E-state index contributed by atoms with van der Waals surface area (Å²) in [7, 11) is -1.78. The molecule has 0 aromatic heterocycles. The van der Waals surface area contributed by atoms with Gasteiger partial charge in [-0.2, -0.15) is 4.31 Å². The molecule has 0 saturated carbocycles. The maximum atomic E-state index is 13.0. The first-order chi connectivity index (χ1) is 12.6. The molecule has 1 N–H and O–H groups in total. The lowest BCUT2D eigenvalue weighted by Gasteiger charge is -2.26. The van der Waals surface area contributed by atoms with Crippen molar-refractivity contribution in [2.45, 2.75) is 37.2 Å². The van der Waals surface area contributed by atoms with E-state index in [1.54, 1.807) is 23.5 Å². The number of piperidine rings is 1. The van der Waals surface area contributed by atoms with Gasteiger partial charge in [-0.25, -0.2) is 8.42 Å². The van der Waals surface area contributed by atoms with Crippen molar-refractivity contribution in [2.75, 3.05) is 20.2 Å². The van der Waals surface area contributed by atoms with Crippen LogP contribution in [0.5, 0.6) is 5.75 Å². The molecule has 140 valence electrons. The number of sulfonamides is 1. The highest BCUT2D eigenvalue weighted by Crippen LogP contribution is 2.24. The van der Waals surface area contributed by atoms with Crippen molar-refractivity contribution in [3.05, 3.63) is 59.7 Å². The van der Waals surface area contributed by atoms with E-state index in [1.165, 1.54) is 0 Å². The number of methoxy groups -OCH3 is 1. The highest BCUT2D eigenvalue weighted by molar-refractivity contribution is 7.89. The second-order valence-corrected chi connectivity index (χ2v) is 8.39. The molecule has 2 aromatic rings. The Morgan fingerprint density at radius 3 is 2.27 bits per heavy atom. The molecule has 1 saturated heterocycles. The number of hydrogen-bond donors (Lipinski definition) is 1. The van der Waals surface area contributed by atoms with Gasteiger partial charge in [0, 0.05) is 31.7 Å². The van der Waals surface area contributed by atoms with Gasteiger partial charge in [0.15, 0.2) is 0 Å². The summed E-state index contributed by atoms with van der Waals surface area (Å²) in [5, 5.41) is 3.35. The number of nitrogens with zero attached hydrogens (tertiary/aromatic N) is 1. The fourth-order valence-corrected chi connectivity index (χ4v) is 5.07. The quantitative estimate of drug-likeness (QED) is 0.809. The topological polar surface area (TPSA) is 58.6 Å². The molecule has 2 aromatic carbocycles. The summed E-state index contributed by atoms with van der Waals surface area (Å²) >= 11 is 0. The van der Waals surface area contributed by atoms with Crippen LogP contribution in [0.25, 0.3) is 0 Å². The number of hydrogen-bond acceptors (Lipinski definition) is 4. The number of ether oxygens (including phenoxy) is 1. The summed E-state index contributed by atoms with van der Waals surface area (Å²) in [6, 6.07) is 15.1. The minimum Gasteiger partial charge on any atom is -0.496 e. The van der Waals surface area contributed by atoms with Crippen LogP contribution in [0.2, 0.25) is 0 Å². The zero-order valence-corrected chi connectivity index (χ0v) is 16.0. The zero-order valence-electron chi connectivity index (χ0n) is 15.1. The molecule has 0 unspecified atom stereocenters. The summed E-state index contributed by atoms with van der Waals surface area (Å²) in [6.07, 6.45) is 2.98.